The van der Waals surface area contributed by atoms with Crippen LogP contribution in [0.1, 0.15) is 53.4 Å². The fourth-order valence-corrected chi connectivity index (χ4v) is 4.14. The van der Waals surface area contributed by atoms with Gasteiger partial charge in [-0.15, -0.1) is 5.54 Å². The Bertz CT molecular complexity index is 305. The smallest absolute Gasteiger partial charge is 0.0183 e. The van der Waals surface area contributed by atoms with Gasteiger partial charge < -0.3 is 5.32 Å². The van der Waals surface area contributed by atoms with Gasteiger partial charge in [0.25, 0.3) is 0 Å². The van der Waals surface area contributed by atoms with Gasteiger partial charge in [0.05, 0.1) is 0 Å². The Morgan fingerprint density at radius 2 is 2.06 bits per heavy atom. The first-order chi connectivity index (χ1) is 7.98. The average Bonchev–Trinajstić information content (AvgIpc) is 2.28. The molecule has 0 radical (unpaired) electrons. The topological polar surface area (TPSA) is 14.1 Å². The van der Waals surface area contributed by atoms with Crippen molar-refractivity contribution in [1.29, 1.82) is 0 Å². The van der Waals surface area contributed by atoms with Gasteiger partial charge in [0, 0.05) is 0 Å². The van der Waals surface area contributed by atoms with E-state index in [0.29, 0.717) is 0 Å². The molecule has 1 saturated carbocycles. The van der Waals surface area contributed by atoms with Crippen LogP contribution in [0, 0.1) is 23.7 Å². The summed E-state index contributed by atoms with van der Waals surface area (Å²) in [5.74, 6) is 3.26. The third kappa shape index (κ3) is 2.31. The highest BCUT2D eigenvalue weighted by Gasteiger charge is 2.41. The van der Waals surface area contributed by atoms with Crippen molar-refractivity contribution in [2.45, 2.75) is 58.9 Å². The number of hydrogen-bond donors (Lipinski definition) is 0. The first kappa shape index (κ1) is 13.1. The number of rotatable bonds is 2. The Morgan fingerprint density at radius 1 is 1.35 bits per heavy atom. The van der Waals surface area contributed by atoms with Gasteiger partial charge in [0.1, 0.15) is 0 Å². The van der Waals surface area contributed by atoms with Crippen LogP contribution in [0.4, 0.5) is 0 Å². The summed E-state index contributed by atoms with van der Waals surface area (Å²) in [5, 5.41) is 4.75. The molecule has 2 aliphatic rings. The van der Waals surface area contributed by atoms with Gasteiger partial charge in [-0.3, -0.25) is 0 Å². The highest BCUT2D eigenvalue weighted by atomic mass is 14.9. The largest absolute Gasteiger partial charge is 0.659 e. The highest BCUT2D eigenvalue weighted by molar-refractivity contribution is 5.19. The van der Waals surface area contributed by atoms with Crippen molar-refractivity contribution in [3.05, 3.63) is 17.0 Å². The van der Waals surface area contributed by atoms with Gasteiger partial charge in [0.2, 0.25) is 0 Å². The Morgan fingerprint density at radius 3 is 2.65 bits per heavy atom. The van der Waals surface area contributed by atoms with Crippen LogP contribution in [0.5, 0.6) is 0 Å². The fourth-order valence-electron chi connectivity index (χ4n) is 4.14. The number of nitrogens with zero attached hydrogens (tertiary/aromatic N) is 1. The maximum absolute atomic E-state index is 4.75. The average molecular weight is 234 g/mol. The zero-order valence-electron chi connectivity index (χ0n) is 12.2. The van der Waals surface area contributed by atoms with Crippen molar-refractivity contribution in [2.24, 2.45) is 23.7 Å². The molecule has 0 aromatic heterocycles. The Hall–Kier alpha value is -0.300. The second-order valence-electron chi connectivity index (χ2n) is 6.76. The lowest BCUT2D eigenvalue weighted by Crippen LogP contribution is -2.47. The van der Waals surface area contributed by atoms with E-state index in [9.17, 15) is 0 Å². The summed E-state index contributed by atoms with van der Waals surface area (Å²) < 4.78 is 0. The van der Waals surface area contributed by atoms with E-state index in [1.54, 1.807) is 5.57 Å². The molecule has 0 aromatic carbocycles. The highest BCUT2D eigenvalue weighted by Crippen LogP contribution is 2.52. The third-order valence-corrected chi connectivity index (χ3v) is 5.44. The SMILES string of the molecule is C[N-][C@]1(C)CC[C@@H](C(C)C)[C@@H]2C=C(C)CC[C@H]21. The molecule has 4 atom stereocenters. The summed E-state index contributed by atoms with van der Waals surface area (Å²) >= 11 is 0. The van der Waals surface area contributed by atoms with Gasteiger partial charge in [0.15, 0.2) is 0 Å². The molecule has 0 spiro atoms. The van der Waals surface area contributed by atoms with E-state index in [1.807, 2.05) is 7.05 Å². The van der Waals surface area contributed by atoms with E-state index < -0.39 is 0 Å². The standard InChI is InChI=1S/C16H28N/c1-11(2)13-8-9-16(4,17-5)15-7-6-12(3)10-14(13)15/h10-11,13-15H,6-9H2,1-5H3/q-1/t13-,14-,15+,16+/m0/s1. The van der Waals surface area contributed by atoms with Gasteiger partial charge in [-0.25, -0.2) is 0 Å². The molecule has 0 N–H and O–H groups in total. The van der Waals surface area contributed by atoms with Crippen LogP contribution in [0.15, 0.2) is 11.6 Å². The molecule has 0 aromatic rings. The van der Waals surface area contributed by atoms with Crippen LogP contribution in [0.2, 0.25) is 0 Å². The molecule has 0 heterocycles. The molecule has 0 amide bonds. The van der Waals surface area contributed by atoms with Crippen molar-refractivity contribution >= 4 is 0 Å². The van der Waals surface area contributed by atoms with Crippen molar-refractivity contribution < 1.29 is 0 Å². The van der Waals surface area contributed by atoms with Crippen LogP contribution < -0.4 is 0 Å². The van der Waals surface area contributed by atoms with Crippen LogP contribution in [-0.2, 0) is 0 Å². The Kier molecular flexibility index (Phi) is 3.68. The molecule has 17 heavy (non-hydrogen) atoms. The predicted molar refractivity (Wildman–Crippen MR) is 75.2 cm³/mol. The van der Waals surface area contributed by atoms with Crippen LogP contribution in [0.25, 0.3) is 5.32 Å². The molecule has 1 fully saturated rings. The zero-order chi connectivity index (χ0) is 12.6. The lowest BCUT2D eigenvalue weighted by molar-refractivity contribution is 0.0823. The summed E-state index contributed by atoms with van der Waals surface area (Å²) in [6.07, 6.45) is 7.87. The zero-order valence-corrected chi connectivity index (χ0v) is 12.2. The van der Waals surface area contributed by atoms with E-state index in [4.69, 9.17) is 5.32 Å². The van der Waals surface area contributed by atoms with E-state index in [2.05, 4.69) is 33.8 Å². The minimum Gasteiger partial charge on any atom is -0.659 e. The van der Waals surface area contributed by atoms with Gasteiger partial charge in [-0.05, 0) is 43.4 Å². The van der Waals surface area contributed by atoms with Gasteiger partial charge in [-0.1, -0.05) is 45.3 Å². The molecule has 0 aliphatic heterocycles. The van der Waals surface area contributed by atoms with Crippen molar-refractivity contribution in [2.75, 3.05) is 7.05 Å². The van der Waals surface area contributed by atoms with Crippen LogP contribution in [0.3, 0.4) is 0 Å². The van der Waals surface area contributed by atoms with Crippen molar-refractivity contribution in [3.63, 3.8) is 0 Å². The summed E-state index contributed by atoms with van der Waals surface area (Å²) in [6.45, 7) is 9.48. The number of hydrogen-bond acceptors (Lipinski definition) is 0. The van der Waals surface area contributed by atoms with Crippen LogP contribution in [-0.4, -0.2) is 12.6 Å². The minimum atomic E-state index is 0.243. The Balaban J connectivity index is 2.29. The third-order valence-electron chi connectivity index (χ3n) is 5.44. The fraction of sp³-hybridized carbons (Fsp3) is 0.875. The van der Waals surface area contributed by atoms with Gasteiger partial charge in [-0.2, -0.15) is 7.05 Å². The maximum atomic E-state index is 4.75. The Labute approximate surface area is 107 Å². The molecule has 1 nitrogen and oxygen atoms in total. The summed E-state index contributed by atoms with van der Waals surface area (Å²) in [5.41, 5.74) is 1.85. The first-order valence-corrected chi connectivity index (χ1v) is 7.26. The molecule has 98 valence electrons. The molecule has 0 saturated heterocycles. The second-order valence-corrected chi connectivity index (χ2v) is 6.76. The van der Waals surface area contributed by atoms with E-state index >= 15 is 0 Å². The maximum Gasteiger partial charge on any atom is -0.0183 e. The summed E-state index contributed by atoms with van der Waals surface area (Å²) in [7, 11) is 2.03. The second kappa shape index (κ2) is 4.76. The van der Waals surface area contributed by atoms with E-state index in [0.717, 1.165) is 23.7 Å². The molecular weight excluding hydrogens is 206 g/mol. The monoisotopic (exact) mass is 234 g/mol. The number of allylic oxidation sites excluding steroid dienone is 2. The number of fused-ring (bicyclic) bond motifs is 1. The molecule has 0 unspecified atom stereocenters. The van der Waals surface area contributed by atoms with E-state index in [1.165, 1.54) is 25.7 Å². The van der Waals surface area contributed by atoms with Crippen molar-refractivity contribution in [3.8, 4) is 0 Å². The van der Waals surface area contributed by atoms with E-state index in [-0.39, 0.29) is 5.54 Å². The molecule has 2 rings (SSSR count). The lowest BCUT2D eigenvalue weighted by atomic mass is 9.57. The van der Waals surface area contributed by atoms with Crippen molar-refractivity contribution in [1.82, 2.24) is 0 Å². The summed E-state index contributed by atoms with van der Waals surface area (Å²) in [4.78, 5) is 0. The molecule has 0 bridgehead atoms. The lowest BCUT2D eigenvalue weighted by Gasteiger charge is -2.58. The molecular formula is C16H28N-. The molecule has 1 heteroatoms. The normalized spacial score (nSPS) is 42.2. The first-order valence-electron chi connectivity index (χ1n) is 7.26. The minimum absolute atomic E-state index is 0.243. The summed E-state index contributed by atoms with van der Waals surface area (Å²) in [6, 6.07) is 0. The van der Waals surface area contributed by atoms with Crippen LogP contribution >= 0.6 is 0 Å². The molecule has 2 aliphatic carbocycles. The van der Waals surface area contributed by atoms with Gasteiger partial charge >= 0.3 is 0 Å². The predicted octanol–water partition coefficient (Wildman–Crippen LogP) is 4.79. The quantitative estimate of drug-likeness (QED) is 0.610.